The Hall–Kier alpha value is -2.18. The Kier molecular flexibility index (Phi) is 4.91. The van der Waals surface area contributed by atoms with E-state index in [4.69, 9.17) is 4.74 Å². The molecule has 0 fully saturated rings. The van der Waals surface area contributed by atoms with Crippen LogP contribution in [0, 0.1) is 11.6 Å². The van der Waals surface area contributed by atoms with Gasteiger partial charge in [0.1, 0.15) is 18.0 Å². The quantitative estimate of drug-likeness (QED) is 0.862. The second-order valence-corrected chi connectivity index (χ2v) is 7.25. The second-order valence-electron chi connectivity index (χ2n) is 7.25. The van der Waals surface area contributed by atoms with E-state index in [9.17, 15) is 13.6 Å². The molecule has 2 aliphatic heterocycles. The third-order valence-electron chi connectivity index (χ3n) is 5.28. The summed E-state index contributed by atoms with van der Waals surface area (Å²) in [5, 5.41) is 3.01. The van der Waals surface area contributed by atoms with Crippen molar-refractivity contribution in [2.75, 3.05) is 18.5 Å². The number of fused-ring (bicyclic) bond motifs is 2. The highest BCUT2D eigenvalue weighted by Gasteiger charge is 2.52. The van der Waals surface area contributed by atoms with Gasteiger partial charge in [0.15, 0.2) is 11.6 Å². The van der Waals surface area contributed by atoms with Gasteiger partial charge in [0.05, 0.1) is 11.1 Å². The fourth-order valence-corrected chi connectivity index (χ4v) is 4.01. The number of halogens is 3. The van der Waals surface area contributed by atoms with Crippen molar-refractivity contribution in [3.05, 3.63) is 59.2 Å². The van der Waals surface area contributed by atoms with Crippen LogP contribution in [0.25, 0.3) is 0 Å². The van der Waals surface area contributed by atoms with Crippen LogP contribution in [-0.2, 0) is 10.2 Å². The fourth-order valence-electron chi connectivity index (χ4n) is 4.01. The summed E-state index contributed by atoms with van der Waals surface area (Å²) in [6, 6.07) is 8.76. The monoisotopic (exact) mass is 394 g/mol. The number of anilines is 1. The second kappa shape index (κ2) is 6.77. The largest absolute Gasteiger partial charge is 0.483 e. The number of hydrogen-bond acceptors (Lipinski definition) is 3. The molecule has 0 saturated carbocycles. The molecule has 2 aliphatic rings. The number of carbonyl (C=O) groups is 1. The molecule has 0 saturated heterocycles. The number of nitrogens with one attached hydrogen (secondary N) is 1. The van der Waals surface area contributed by atoms with Gasteiger partial charge in [-0.3, -0.25) is 9.69 Å². The van der Waals surface area contributed by atoms with Crippen LogP contribution in [-0.4, -0.2) is 25.6 Å². The van der Waals surface area contributed by atoms with E-state index >= 15 is 0 Å². The summed E-state index contributed by atoms with van der Waals surface area (Å²) in [7, 11) is 1.75. The number of amides is 1. The Labute approximate surface area is 162 Å². The summed E-state index contributed by atoms with van der Waals surface area (Å²) in [6.07, 6.45) is -0.516. The number of carbonyl (C=O) groups excluding carboxylic acids is 1. The van der Waals surface area contributed by atoms with Gasteiger partial charge in [0, 0.05) is 12.1 Å². The van der Waals surface area contributed by atoms with Crippen molar-refractivity contribution in [1.29, 1.82) is 0 Å². The lowest BCUT2D eigenvalue weighted by Gasteiger charge is -2.30. The van der Waals surface area contributed by atoms with Crippen LogP contribution >= 0.6 is 12.4 Å². The van der Waals surface area contributed by atoms with E-state index in [0.717, 1.165) is 0 Å². The van der Waals surface area contributed by atoms with Gasteiger partial charge < -0.3 is 10.1 Å². The smallest absolute Gasteiger partial charge is 0.237 e. The molecule has 1 amide bonds. The van der Waals surface area contributed by atoms with Crippen molar-refractivity contribution in [3.63, 3.8) is 0 Å². The van der Waals surface area contributed by atoms with Crippen LogP contribution < -0.4 is 15.0 Å². The highest BCUT2D eigenvalue weighted by atomic mass is 35.5. The number of likely N-dealkylation sites (N-methyl/N-ethyl adjacent to an activating group) is 1. The van der Waals surface area contributed by atoms with Crippen molar-refractivity contribution >= 4 is 24.0 Å². The molecule has 0 aliphatic carbocycles. The Morgan fingerprint density at radius 1 is 1.15 bits per heavy atom. The van der Waals surface area contributed by atoms with Gasteiger partial charge in [-0.15, -0.1) is 12.4 Å². The molecule has 1 N–H and O–H groups in total. The fraction of sp³-hybridized carbons (Fsp3) is 0.350. The zero-order valence-electron chi connectivity index (χ0n) is 15.3. The van der Waals surface area contributed by atoms with Crippen LogP contribution in [0.2, 0.25) is 0 Å². The summed E-state index contributed by atoms with van der Waals surface area (Å²) < 4.78 is 34.8. The molecular formula is C20H21ClF2N2O2. The minimum Gasteiger partial charge on any atom is -0.483 e. The first-order chi connectivity index (χ1) is 12.4. The number of rotatable bonds is 3. The van der Waals surface area contributed by atoms with E-state index in [0.29, 0.717) is 17.7 Å². The summed E-state index contributed by atoms with van der Waals surface area (Å²) in [5.74, 6) is -1.03. The summed E-state index contributed by atoms with van der Waals surface area (Å²) >= 11 is 0. The maximum absolute atomic E-state index is 14.8. The van der Waals surface area contributed by atoms with Crippen LogP contribution in [0.3, 0.4) is 0 Å². The number of hydrogen-bond donors (Lipinski definition) is 1. The van der Waals surface area contributed by atoms with Gasteiger partial charge in [0.25, 0.3) is 0 Å². The minimum absolute atomic E-state index is 0. The van der Waals surface area contributed by atoms with Crippen LogP contribution in [0.5, 0.6) is 5.75 Å². The molecule has 2 heterocycles. The van der Waals surface area contributed by atoms with Gasteiger partial charge in [-0.05, 0) is 38.6 Å². The zero-order chi connectivity index (χ0) is 18.6. The lowest BCUT2D eigenvalue weighted by molar-refractivity contribution is -0.122. The normalized spacial score (nSPS) is 22.1. The van der Waals surface area contributed by atoms with Gasteiger partial charge in [-0.1, -0.05) is 24.3 Å². The van der Waals surface area contributed by atoms with E-state index in [-0.39, 0.29) is 29.8 Å². The maximum Gasteiger partial charge on any atom is 0.237 e. The van der Waals surface area contributed by atoms with E-state index in [2.05, 4.69) is 5.32 Å². The molecule has 4 rings (SSSR count). The standard InChI is InChI=1S/C20H20F2N2O2.ClH/c1-20(2)12-7-5-8-13(21)17(12)24(19(20)25)16-11-6-4-9-14(22)18(11)26-15(16)10-23-3;/h4-9,15-16,23H,10H2,1-3H3;1H/t15-,16+;/m0./s1. The van der Waals surface area contributed by atoms with E-state index in [1.54, 1.807) is 45.2 Å². The van der Waals surface area contributed by atoms with Gasteiger partial charge in [0.2, 0.25) is 5.91 Å². The molecule has 7 heteroatoms. The Morgan fingerprint density at radius 3 is 2.52 bits per heavy atom. The maximum atomic E-state index is 14.8. The Balaban J connectivity index is 0.00000210. The molecule has 2 aromatic rings. The highest BCUT2D eigenvalue weighted by molar-refractivity contribution is 6.08. The predicted octanol–water partition coefficient (Wildman–Crippen LogP) is 3.73. The molecule has 4 nitrogen and oxygen atoms in total. The average Bonchev–Trinajstić information content (AvgIpc) is 3.05. The molecule has 2 atom stereocenters. The summed E-state index contributed by atoms with van der Waals surface area (Å²) in [4.78, 5) is 14.7. The number of para-hydroxylation sites is 2. The molecule has 144 valence electrons. The highest BCUT2D eigenvalue weighted by Crippen LogP contribution is 2.51. The number of benzene rings is 2. The van der Waals surface area contributed by atoms with E-state index in [1.165, 1.54) is 17.0 Å². The molecular weight excluding hydrogens is 374 g/mol. The third kappa shape index (κ3) is 2.70. The number of nitrogens with zero attached hydrogens (tertiary/aromatic N) is 1. The predicted molar refractivity (Wildman–Crippen MR) is 102 cm³/mol. The van der Waals surface area contributed by atoms with E-state index in [1.807, 2.05) is 0 Å². The van der Waals surface area contributed by atoms with Crippen molar-refractivity contribution in [1.82, 2.24) is 5.32 Å². The molecule has 0 unspecified atom stereocenters. The zero-order valence-corrected chi connectivity index (χ0v) is 16.1. The van der Waals surface area contributed by atoms with Crippen LogP contribution in [0.4, 0.5) is 14.5 Å². The lowest BCUT2D eigenvalue weighted by Crippen LogP contribution is -2.45. The Morgan fingerprint density at radius 2 is 1.81 bits per heavy atom. The number of ether oxygens (including phenoxy) is 1. The molecule has 0 spiro atoms. The summed E-state index contributed by atoms with van der Waals surface area (Å²) in [5.41, 5.74) is 0.591. The van der Waals surface area contributed by atoms with Gasteiger partial charge in [-0.25, -0.2) is 8.78 Å². The first-order valence-corrected chi connectivity index (χ1v) is 8.60. The first-order valence-electron chi connectivity index (χ1n) is 8.60. The SMILES string of the molecule is CNC[C@@H]1Oc2c(F)cccc2[C@H]1N1C(=O)C(C)(C)c2cccc(F)c21.Cl. The Bertz CT molecular complexity index is 904. The molecule has 27 heavy (non-hydrogen) atoms. The van der Waals surface area contributed by atoms with Crippen molar-refractivity contribution in [3.8, 4) is 5.75 Å². The molecule has 2 aromatic carbocycles. The van der Waals surface area contributed by atoms with Gasteiger partial charge in [-0.2, -0.15) is 0 Å². The molecule has 0 radical (unpaired) electrons. The molecule has 0 aromatic heterocycles. The first kappa shape index (κ1) is 19.6. The lowest BCUT2D eigenvalue weighted by atomic mass is 9.86. The third-order valence-corrected chi connectivity index (χ3v) is 5.28. The van der Waals surface area contributed by atoms with Crippen molar-refractivity contribution in [2.45, 2.75) is 31.4 Å². The van der Waals surface area contributed by atoms with E-state index < -0.39 is 29.2 Å². The minimum atomic E-state index is -0.863. The average molecular weight is 395 g/mol. The van der Waals surface area contributed by atoms with Crippen molar-refractivity contribution in [2.24, 2.45) is 0 Å². The molecule has 0 bridgehead atoms. The summed E-state index contributed by atoms with van der Waals surface area (Å²) in [6.45, 7) is 3.96. The topological polar surface area (TPSA) is 41.6 Å². The van der Waals surface area contributed by atoms with Crippen molar-refractivity contribution < 1.29 is 18.3 Å². The van der Waals surface area contributed by atoms with Crippen LogP contribution in [0.1, 0.15) is 31.0 Å². The van der Waals surface area contributed by atoms with Gasteiger partial charge >= 0.3 is 0 Å². The van der Waals surface area contributed by atoms with Crippen LogP contribution in [0.15, 0.2) is 36.4 Å².